The molecule has 0 bridgehead atoms. The maximum atomic E-state index is 10.3. The van der Waals surface area contributed by atoms with E-state index in [1.54, 1.807) is 24.3 Å². The second-order valence-corrected chi connectivity index (χ2v) is 4.58. The number of nitrogens with zero attached hydrogens (tertiary/aromatic N) is 1. The molecule has 1 heterocycles. The molecule has 0 spiro atoms. The van der Waals surface area contributed by atoms with Crippen LogP contribution >= 0.6 is 0 Å². The fourth-order valence-corrected chi connectivity index (χ4v) is 2.39. The van der Waals surface area contributed by atoms with Crippen molar-refractivity contribution in [3.63, 3.8) is 0 Å². The van der Waals surface area contributed by atoms with Gasteiger partial charge in [0.15, 0.2) is 0 Å². The Morgan fingerprint density at radius 3 is 2.56 bits per heavy atom. The van der Waals surface area contributed by atoms with E-state index in [1.807, 2.05) is 0 Å². The molecule has 0 saturated carbocycles. The average molecular weight is 221 g/mol. The van der Waals surface area contributed by atoms with Crippen molar-refractivity contribution in [3.8, 4) is 5.75 Å². The Morgan fingerprint density at radius 1 is 1.25 bits per heavy atom. The van der Waals surface area contributed by atoms with Crippen molar-refractivity contribution in [1.82, 2.24) is 4.90 Å². The highest BCUT2D eigenvalue weighted by atomic mass is 16.3. The van der Waals surface area contributed by atoms with Gasteiger partial charge >= 0.3 is 0 Å². The first-order valence-electron chi connectivity index (χ1n) is 5.86. The summed E-state index contributed by atoms with van der Waals surface area (Å²) in [6, 6.07) is 7.05. The molecule has 0 unspecified atom stereocenters. The molecule has 1 aliphatic rings. The van der Waals surface area contributed by atoms with E-state index in [9.17, 15) is 10.2 Å². The van der Waals surface area contributed by atoms with Crippen molar-refractivity contribution in [2.45, 2.75) is 31.4 Å². The number of benzene rings is 1. The zero-order chi connectivity index (χ0) is 11.5. The third-order valence-electron chi connectivity index (χ3n) is 3.43. The Hall–Kier alpha value is -1.06. The van der Waals surface area contributed by atoms with Crippen LogP contribution in [0.15, 0.2) is 24.3 Å². The van der Waals surface area contributed by atoms with Crippen LogP contribution in [-0.4, -0.2) is 34.7 Å². The summed E-state index contributed by atoms with van der Waals surface area (Å²) >= 11 is 0. The Kier molecular flexibility index (Phi) is 3.46. The molecule has 1 fully saturated rings. The van der Waals surface area contributed by atoms with Crippen LogP contribution in [0.1, 0.15) is 30.9 Å². The Labute approximate surface area is 96.3 Å². The lowest BCUT2D eigenvalue weighted by Gasteiger charge is -2.35. The molecule has 0 aromatic heterocycles. The number of piperidine rings is 1. The number of hydrogen-bond donors (Lipinski definition) is 2. The highest BCUT2D eigenvalue weighted by Crippen LogP contribution is 2.28. The molecule has 16 heavy (non-hydrogen) atoms. The van der Waals surface area contributed by atoms with E-state index in [0.29, 0.717) is 0 Å². The lowest BCUT2D eigenvalue weighted by atomic mass is 9.93. The number of aliphatic hydroxyl groups is 1. The van der Waals surface area contributed by atoms with Crippen LogP contribution < -0.4 is 0 Å². The second kappa shape index (κ2) is 4.85. The van der Waals surface area contributed by atoms with Gasteiger partial charge in [0.05, 0.1) is 6.10 Å². The molecule has 0 aliphatic carbocycles. The summed E-state index contributed by atoms with van der Waals surface area (Å²) in [4.78, 5) is 2.22. The fraction of sp³-hybridized carbons (Fsp3) is 0.538. The van der Waals surface area contributed by atoms with Gasteiger partial charge in [0.2, 0.25) is 0 Å². The molecule has 3 nitrogen and oxygen atoms in total. The van der Waals surface area contributed by atoms with Crippen LogP contribution in [0.5, 0.6) is 5.75 Å². The minimum Gasteiger partial charge on any atom is -0.508 e. The summed E-state index contributed by atoms with van der Waals surface area (Å²) < 4.78 is 0. The fourth-order valence-electron chi connectivity index (χ4n) is 2.39. The van der Waals surface area contributed by atoms with Gasteiger partial charge in [-0.25, -0.2) is 0 Å². The van der Waals surface area contributed by atoms with Crippen molar-refractivity contribution in [3.05, 3.63) is 29.8 Å². The molecular weight excluding hydrogens is 202 g/mol. The number of aliphatic hydroxyl groups excluding tert-OH is 1. The van der Waals surface area contributed by atoms with Crippen LogP contribution in [0.25, 0.3) is 0 Å². The molecule has 2 N–H and O–H groups in total. The zero-order valence-corrected chi connectivity index (χ0v) is 9.63. The van der Waals surface area contributed by atoms with E-state index in [-0.39, 0.29) is 11.8 Å². The van der Waals surface area contributed by atoms with E-state index in [0.717, 1.165) is 18.5 Å². The molecule has 3 heteroatoms. The van der Waals surface area contributed by atoms with Gasteiger partial charge in [-0.2, -0.15) is 0 Å². The minimum absolute atomic E-state index is 0.207. The summed E-state index contributed by atoms with van der Waals surface area (Å²) in [6.07, 6.45) is 2.99. The van der Waals surface area contributed by atoms with Crippen molar-refractivity contribution in [2.24, 2.45) is 0 Å². The van der Waals surface area contributed by atoms with Gasteiger partial charge < -0.3 is 15.1 Å². The van der Waals surface area contributed by atoms with Gasteiger partial charge in [0.1, 0.15) is 5.75 Å². The highest BCUT2D eigenvalue weighted by molar-refractivity contribution is 5.28. The van der Waals surface area contributed by atoms with E-state index < -0.39 is 6.10 Å². The van der Waals surface area contributed by atoms with Gasteiger partial charge in [0, 0.05) is 6.04 Å². The molecule has 2 atom stereocenters. The molecule has 1 saturated heterocycles. The largest absolute Gasteiger partial charge is 0.508 e. The number of likely N-dealkylation sites (N-methyl/N-ethyl adjacent to an activating group) is 1. The van der Waals surface area contributed by atoms with E-state index in [1.165, 1.54) is 12.8 Å². The summed E-state index contributed by atoms with van der Waals surface area (Å²) in [5.41, 5.74) is 0.886. The van der Waals surface area contributed by atoms with Gasteiger partial charge in [0.25, 0.3) is 0 Å². The van der Waals surface area contributed by atoms with E-state index >= 15 is 0 Å². The number of phenolic OH excluding ortho intramolecular Hbond substituents is 1. The van der Waals surface area contributed by atoms with Crippen LogP contribution in [0.2, 0.25) is 0 Å². The quantitative estimate of drug-likeness (QED) is 0.801. The van der Waals surface area contributed by atoms with Crippen LogP contribution in [0.4, 0.5) is 0 Å². The topological polar surface area (TPSA) is 43.7 Å². The van der Waals surface area contributed by atoms with Crippen LogP contribution in [0, 0.1) is 0 Å². The number of likely N-dealkylation sites (tertiary alicyclic amines) is 1. The van der Waals surface area contributed by atoms with Gasteiger partial charge in [-0.1, -0.05) is 18.6 Å². The second-order valence-electron chi connectivity index (χ2n) is 4.58. The zero-order valence-electron chi connectivity index (χ0n) is 9.63. The smallest absolute Gasteiger partial charge is 0.115 e. The molecule has 0 amide bonds. The predicted octanol–water partition coefficient (Wildman–Crippen LogP) is 1.91. The Morgan fingerprint density at radius 2 is 1.94 bits per heavy atom. The van der Waals surface area contributed by atoms with Crippen molar-refractivity contribution >= 4 is 0 Å². The van der Waals surface area contributed by atoms with Crippen LogP contribution in [0.3, 0.4) is 0 Å². The lowest BCUT2D eigenvalue weighted by Crippen LogP contribution is -2.40. The van der Waals surface area contributed by atoms with Gasteiger partial charge in [-0.05, 0) is 44.1 Å². The highest BCUT2D eigenvalue weighted by Gasteiger charge is 2.26. The Balaban J connectivity index is 2.11. The average Bonchev–Trinajstić information content (AvgIpc) is 2.30. The third kappa shape index (κ3) is 2.36. The Bertz CT molecular complexity index is 336. The first kappa shape index (κ1) is 11.4. The van der Waals surface area contributed by atoms with Crippen molar-refractivity contribution in [2.75, 3.05) is 13.6 Å². The molecule has 1 aromatic rings. The molecule has 0 radical (unpaired) electrons. The predicted molar refractivity (Wildman–Crippen MR) is 63.3 cm³/mol. The molecular formula is C13H19NO2. The summed E-state index contributed by atoms with van der Waals surface area (Å²) in [7, 11) is 2.06. The molecule has 1 aliphatic heterocycles. The first-order valence-corrected chi connectivity index (χ1v) is 5.86. The van der Waals surface area contributed by atoms with E-state index in [4.69, 9.17) is 0 Å². The summed E-state index contributed by atoms with van der Waals surface area (Å²) in [6.45, 7) is 1.06. The summed E-state index contributed by atoms with van der Waals surface area (Å²) in [5.74, 6) is 0.243. The molecule has 2 rings (SSSR count). The van der Waals surface area contributed by atoms with Crippen molar-refractivity contribution < 1.29 is 10.2 Å². The molecule has 88 valence electrons. The number of hydrogen-bond acceptors (Lipinski definition) is 3. The third-order valence-corrected chi connectivity index (χ3v) is 3.43. The van der Waals surface area contributed by atoms with Gasteiger partial charge in [-0.3, -0.25) is 0 Å². The standard InChI is InChI=1S/C13H19NO2/c1-14-9-3-2-4-12(14)13(16)10-5-7-11(15)8-6-10/h5-8,12-13,15-16H,2-4,9H2,1H3/t12-,13-/m0/s1. The normalized spacial score (nSPS) is 24.2. The van der Waals surface area contributed by atoms with Gasteiger partial charge in [-0.15, -0.1) is 0 Å². The van der Waals surface area contributed by atoms with Crippen molar-refractivity contribution in [1.29, 1.82) is 0 Å². The van der Waals surface area contributed by atoms with Crippen LogP contribution in [-0.2, 0) is 0 Å². The minimum atomic E-state index is -0.453. The summed E-state index contributed by atoms with van der Waals surface area (Å²) in [5, 5.41) is 19.5. The number of phenols is 1. The number of aromatic hydroxyl groups is 1. The van der Waals surface area contributed by atoms with E-state index in [2.05, 4.69) is 11.9 Å². The maximum Gasteiger partial charge on any atom is 0.115 e. The SMILES string of the molecule is CN1CCCC[C@H]1[C@@H](O)c1ccc(O)cc1. The maximum absolute atomic E-state index is 10.3. The number of rotatable bonds is 2. The molecule has 1 aromatic carbocycles. The lowest BCUT2D eigenvalue weighted by molar-refractivity contribution is 0.0403. The first-order chi connectivity index (χ1) is 7.68. The monoisotopic (exact) mass is 221 g/mol.